The normalized spacial score (nSPS) is 24.9. The fourth-order valence-electron chi connectivity index (χ4n) is 1.69. The van der Waals surface area contributed by atoms with E-state index in [-0.39, 0.29) is 24.8 Å². The van der Waals surface area contributed by atoms with Crippen molar-refractivity contribution >= 4 is 21.7 Å². The van der Waals surface area contributed by atoms with E-state index in [1.54, 1.807) is 6.20 Å². The standard InChI is InChI=1S/C9H12BrN3O3/c10-6-3-13(9(15)12-8(6)11)7-2-1-5(4-14)16-7/h3,5,7,14H,1-2,4H2,(H2,11,12,15)/t5-,7?/m0/s1. The van der Waals surface area contributed by atoms with E-state index in [1.165, 1.54) is 4.57 Å². The minimum absolute atomic E-state index is 0.0329. The zero-order chi connectivity index (χ0) is 11.7. The summed E-state index contributed by atoms with van der Waals surface area (Å²) in [6.45, 7) is -0.0329. The Hall–Kier alpha value is -0.920. The van der Waals surface area contributed by atoms with Gasteiger partial charge in [0, 0.05) is 6.20 Å². The first-order chi connectivity index (χ1) is 7.61. The molecule has 1 saturated heterocycles. The third-order valence-electron chi connectivity index (χ3n) is 2.53. The highest BCUT2D eigenvalue weighted by atomic mass is 79.9. The molecular formula is C9H12BrN3O3. The summed E-state index contributed by atoms with van der Waals surface area (Å²) in [5.74, 6) is 0.165. The summed E-state index contributed by atoms with van der Waals surface area (Å²) in [5.41, 5.74) is 5.05. The van der Waals surface area contributed by atoms with Crippen LogP contribution in [0.5, 0.6) is 0 Å². The van der Waals surface area contributed by atoms with Crippen molar-refractivity contribution in [1.82, 2.24) is 9.55 Å². The predicted molar refractivity (Wildman–Crippen MR) is 60.8 cm³/mol. The molecule has 0 amide bonds. The number of halogens is 1. The molecule has 0 saturated carbocycles. The van der Waals surface area contributed by atoms with Crippen LogP contribution in [-0.4, -0.2) is 27.4 Å². The highest BCUT2D eigenvalue weighted by Crippen LogP contribution is 2.27. The smallest absolute Gasteiger partial charge is 0.351 e. The molecule has 1 fully saturated rings. The van der Waals surface area contributed by atoms with Crippen LogP contribution < -0.4 is 11.4 Å². The molecule has 0 spiro atoms. The monoisotopic (exact) mass is 289 g/mol. The summed E-state index contributed by atoms with van der Waals surface area (Å²) in [6.07, 6.45) is 2.41. The lowest BCUT2D eigenvalue weighted by molar-refractivity contribution is -0.0246. The predicted octanol–water partition coefficient (Wildman–Crippen LogP) is 0.258. The second kappa shape index (κ2) is 4.52. The summed E-state index contributed by atoms with van der Waals surface area (Å²) >= 11 is 3.21. The average molecular weight is 290 g/mol. The van der Waals surface area contributed by atoms with Gasteiger partial charge < -0.3 is 15.6 Å². The molecule has 1 aliphatic heterocycles. The molecule has 3 N–H and O–H groups in total. The van der Waals surface area contributed by atoms with Crippen LogP contribution in [0.4, 0.5) is 5.82 Å². The number of nitrogen functional groups attached to an aromatic ring is 1. The van der Waals surface area contributed by atoms with Gasteiger partial charge in [0.25, 0.3) is 0 Å². The van der Waals surface area contributed by atoms with Crippen LogP contribution in [0.3, 0.4) is 0 Å². The Morgan fingerprint density at radius 3 is 3.06 bits per heavy atom. The number of nitrogens with two attached hydrogens (primary N) is 1. The Morgan fingerprint density at radius 2 is 2.44 bits per heavy atom. The van der Waals surface area contributed by atoms with Gasteiger partial charge in [-0.15, -0.1) is 0 Å². The first-order valence-corrected chi connectivity index (χ1v) is 5.71. The number of rotatable bonds is 2. The van der Waals surface area contributed by atoms with E-state index in [1.807, 2.05) is 0 Å². The van der Waals surface area contributed by atoms with Gasteiger partial charge in [-0.2, -0.15) is 4.98 Å². The highest BCUT2D eigenvalue weighted by molar-refractivity contribution is 9.10. The largest absolute Gasteiger partial charge is 0.394 e. The maximum atomic E-state index is 11.6. The van der Waals surface area contributed by atoms with Crippen molar-refractivity contribution in [3.8, 4) is 0 Å². The molecule has 1 aromatic heterocycles. The summed E-state index contributed by atoms with van der Waals surface area (Å²) in [5, 5.41) is 8.94. The van der Waals surface area contributed by atoms with Gasteiger partial charge in [-0.3, -0.25) is 4.57 Å². The van der Waals surface area contributed by atoms with E-state index in [4.69, 9.17) is 15.6 Å². The molecule has 7 heteroatoms. The minimum atomic E-state index is -0.440. The number of aliphatic hydroxyl groups excluding tert-OH is 1. The molecule has 0 radical (unpaired) electrons. The minimum Gasteiger partial charge on any atom is -0.394 e. The Balaban J connectivity index is 2.28. The van der Waals surface area contributed by atoms with Gasteiger partial charge in [-0.1, -0.05) is 0 Å². The Kier molecular flexibility index (Phi) is 3.27. The van der Waals surface area contributed by atoms with E-state index in [9.17, 15) is 4.79 Å². The molecule has 1 aliphatic rings. The van der Waals surface area contributed by atoms with Gasteiger partial charge in [-0.25, -0.2) is 4.79 Å². The molecule has 88 valence electrons. The quantitative estimate of drug-likeness (QED) is 0.815. The Labute approximate surface area is 100 Å². The van der Waals surface area contributed by atoms with Crippen LogP contribution in [0.15, 0.2) is 15.5 Å². The van der Waals surface area contributed by atoms with Crippen molar-refractivity contribution in [3.05, 3.63) is 21.2 Å². The molecule has 2 heterocycles. The van der Waals surface area contributed by atoms with Crippen LogP contribution in [0, 0.1) is 0 Å². The number of hydrogen-bond donors (Lipinski definition) is 2. The first-order valence-electron chi connectivity index (χ1n) is 4.92. The fourth-order valence-corrected chi connectivity index (χ4v) is 2.00. The lowest BCUT2D eigenvalue weighted by Gasteiger charge is -2.15. The van der Waals surface area contributed by atoms with Gasteiger partial charge in [-0.05, 0) is 28.8 Å². The van der Waals surface area contributed by atoms with Crippen molar-refractivity contribution in [2.75, 3.05) is 12.3 Å². The molecule has 6 nitrogen and oxygen atoms in total. The maximum Gasteiger partial charge on any atom is 0.351 e. The molecule has 2 rings (SSSR count). The van der Waals surface area contributed by atoms with E-state index >= 15 is 0 Å². The molecule has 0 aliphatic carbocycles. The number of aliphatic hydroxyl groups is 1. The average Bonchev–Trinajstić information content (AvgIpc) is 2.71. The summed E-state index contributed by atoms with van der Waals surface area (Å²) < 4.78 is 7.43. The topological polar surface area (TPSA) is 90.4 Å². The molecule has 1 aromatic rings. The molecule has 0 aromatic carbocycles. The number of anilines is 1. The zero-order valence-electron chi connectivity index (χ0n) is 8.47. The second-order valence-electron chi connectivity index (χ2n) is 3.64. The molecule has 16 heavy (non-hydrogen) atoms. The van der Waals surface area contributed by atoms with Crippen LogP contribution in [0.25, 0.3) is 0 Å². The van der Waals surface area contributed by atoms with Gasteiger partial charge >= 0.3 is 5.69 Å². The molecule has 0 bridgehead atoms. The Morgan fingerprint density at radius 1 is 1.69 bits per heavy atom. The van der Waals surface area contributed by atoms with Crippen molar-refractivity contribution in [1.29, 1.82) is 0 Å². The maximum absolute atomic E-state index is 11.6. The van der Waals surface area contributed by atoms with E-state index in [0.717, 1.165) is 6.42 Å². The third kappa shape index (κ3) is 2.11. The van der Waals surface area contributed by atoms with Gasteiger partial charge in [0.1, 0.15) is 12.0 Å². The second-order valence-corrected chi connectivity index (χ2v) is 4.49. The summed E-state index contributed by atoms with van der Waals surface area (Å²) in [7, 11) is 0. The first kappa shape index (κ1) is 11.6. The number of hydrogen-bond acceptors (Lipinski definition) is 5. The van der Waals surface area contributed by atoms with Crippen LogP contribution in [-0.2, 0) is 4.74 Å². The summed E-state index contributed by atoms with van der Waals surface area (Å²) in [6, 6.07) is 0. The lowest BCUT2D eigenvalue weighted by Crippen LogP contribution is -2.28. The zero-order valence-corrected chi connectivity index (χ0v) is 10.1. The van der Waals surface area contributed by atoms with E-state index in [2.05, 4.69) is 20.9 Å². The number of ether oxygens (including phenoxy) is 1. The van der Waals surface area contributed by atoms with Crippen molar-refractivity contribution in [2.45, 2.75) is 25.2 Å². The van der Waals surface area contributed by atoms with Crippen LogP contribution in [0.2, 0.25) is 0 Å². The third-order valence-corrected chi connectivity index (χ3v) is 3.14. The Bertz CT molecular complexity index is 448. The fraction of sp³-hybridized carbons (Fsp3) is 0.556. The van der Waals surface area contributed by atoms with Crippen LogP contribution in [0.1, 0.15) is 19.1 Å². The number of aromatic nitrogens is 2. The molecule has 2 atom stereocenters. The van der Waals surface area contributed by atoms with Crippen molar-refractivity contribution in [2.24, 2.45) is 0 Å². The summed E-state index contributed by atoms with van der Waals surface area (Å²) in [4.78, 5) is 15.2. The molecule has 1 unspecified atom stereocenters. The van der Waals surface area contributed by atoms with E-state index < -0.39 is 5.69 Å². The van der Waals surface area contributed by atoms with E-state index in [0.29, 0.717) is 10.9 Å². The molecular weight excluding hydrogens is 278 g/mol. The van der Waals surface area contributed by atoms with Crippen molar-refractivity contribution in [3.63, 3.8) is 0 Å². The van der Waals surface area contributed by atoms with Gasteiger partial charge in [0.15, 0.2) is 0 Å². The van der Waals surface area contributed by atoms with Gasteiger partial charge in [0.2, 0.25) is 0 Å². The van der Waals surface area contributed by atoms with Gasteiger partial charge in [0.05, 0.1) is 17.2 Å². The highest BCUT2D eigenvalue weighted by Gasteiger charge is 2.27. The SMILES string of the molecule is Nc1nc(=O)n(C2CC[C@@H](CO)O2)cc1Br. The lowest BCUT2D eigenvalue weighted by atomic mass is 10.2. The van der Waals surface area contributed by atoms with Crippen LogP contribution >= 0.6 is 15.9 Å². The van der Waals surface area contributed by atoms with Crippen molar-refractivity contribution < 1.29 is 9.84 Å². The number of nitrogens with zero attached hydrogens (tertiary/aromatic N) is 2.